The van der Waals surface area contributed by atoms with Crippen molar-refractivity contribution in [1.82, 2.24) is 0 Å². The fraction of sp³-hybridized carbons (Fsp3) is 0.273. The summed E-state index contributed by atoms with van der Waals surface area (Å²) in [6.07, 6.45) is 1.90. The van der Waals surface area contributed by atoms with E-state index in [0.717, 1.165) is 20.3 Å². The zero-order chi connectivity index (χ0) is 19.2. The zero-order valence-electron chi connectivity index (χ0n) is 15.6. The minimum absolute atomic E-state index is 0.756. The first-order valence-corrected chi connectivity index (χ1v) is 10.2. The second-order valence-electron chi connectivity index (χ2n) is 7.05. The van der Waals surface area contributed by atoms with Crippen LogP contribution in [0.4, 0.5) is 0 Å². The first-order valence-electron chi connectivity index (χ1n) is 8.48. The van der Waals surface area contributed by atoms with Crippen LogP contribution in [0.25, 0.3) is 0 Å². The van der Waals surface area contributed by atoms with Gasteiger partial charge in [-0.3, -0.25) is 0 Å². The lowest BCUT2D eigenvalue weighted by atomic mass is 9.97. The number of rotatable bonds is 7. The van der Waals surface area contributed by atoms with E-state index >= 15 is 0 Å². The molecule has 0 spiro atoms. The Morgan fingerprint density at radius 2 is 1.27 bits per heavy atom. The third-order valence-electron chi connectivity index (χ3n) is 3.63. The normalized spacial score (nSPS) is 13.8. The summed E-state index contributed by atoms with van der Waals surface area (Å²) in [6, 6.07) is 20.0. The molecule has 0 saturated carbocycles. The van der Waals surface area contributed by atoms with Gasteiger partial charge in [0.1, 0.15) is 0 Å². The SMILES string of the molecule is CC(C)(O)/C(=C/C(=C\Sc1ccccc1)C(C)(C)O)Sc1ccccc1. The Bertz CT molecular complexity index is 752. The lowest BCUT2D eigenvalue weighted by Crippen LogP contribution is -2.24. The summed E-state index contributed by atoms with van der Waals surface area (Å²) in [6.45, 7) is 7.05. The minimum Gasteiger partial charge on any atom is -0.386 e. The molecule has 2 nitrogen and oxygen atoms in total. The summed E-state index contributed by atoms with van der Waals surface area (Å²) in [7, 11) is 0. The van der Waals surface area contributed by atoms with Gasteiger partial charge < -0.3 is 10.2 Å². The van der Waals surface area contributed by atoms with Gasteiger partial charge in [-0.2, -0.15) is 0 Å². The van der Waals surface area contributed by atoms with E-state index < -0.39 is 11.2 Å². The number of aliphatic hydroxyl groups is 2. The Hall–Kier alpha value is -1.46. The van der Waals surface area contributed by atoms with Gasteiger partial charge in [-0.25, -0.2) is 0 Å². The Morgan fingerprint density at radius 1 is 0.769 bits per heavy atom. The molecule has 0 saturated heterocycles. The van der Waals surface area contributed by atoms with E-state index in [1.165, 1.54) is 11.8 Å². The molecule has 2 aromatic rings. The molecule has 0 bridgehead atoms. The number of hydrogen-bond donors (Lipinski definition) is 2. The third-order valence-corrected chi connectivity index (χ3v) is 5.89. The van der Waals surface area contributed by atoms with Gasteiger partial charge in [0, 0.05) is 14.7 Å². The maximum atomic E-state index is 10.6. The van der Waals surface area contributed by atoms with Crippen molar-refractivity contribution < 1.29 is 10.2 Å². The molecule has 0 aliphatic heterocycles. The lowest BCUT2D eigenvalue weighted by Gasteiger charge is -2.25. The van der Waals surface area contributed by atoms with E-state index in [2.05, 4.69) is 0 Å². The molecule has 0 heterocycles. The van der Waals surface area contributed by atoms with Gasteiger partial charge in [-0.05, 0) is 69.0 Å². The highest BCUT2D eigenvalue weighted by atomic mass is 32.2. The van der Waals surface area contributed by atoms with Crippen molar-refractivity contribution in [3.05, 3.63) is 82.6 Å². The molecule has 0 aliphatic carbocycles. The molecule has 2 aromatic carbocycles. The molecule has 2 rings (SSSR count). The van der Waals surface area contributed by atoms with Gasteiger partial charge in [0.2, 0.25) is 0 Å². The van der Waals surface area contributed by atoms with Gasteiger partial charge in [0.05, 0.1) is 11.2 Å². The highest BCUT2D eigenvalue weighted by Crippen LogP contribution is 2.37. The van der Waals surface area contributed by atoms with Crippen LogP contribution < -0.4 is 0 Å². The van der Waals surface area contributed by atoms with Crippen LogP contribution >= 0.6 is 23.5 Å². The van der Waals surface area contributed by atoms with E-state index in [9.17, 15) is 10.2 Å². The highest BCUT2D eigenvalue weighted by Gasteiger charge is 2.25. The van der Waals surface area contributed by atoms with Crippen LogP contribution in [0.15, 0.2) is 92.4 Å². The molecule has 4 heteroatoms. The van der Waals surface area contributed by atoms with Gasteiger partial charge >= 0.3 is 0 Å². The fourth-order valence-corrected chi connectivity index (χ4v) is 3.99. The van der Waals surface area contributed by atoms with Crippen molar-refractivity contribution >= 4 is 23.5 Å². The summed E-state index contributed by atoms with van der Waals surface area (Å²) >= 11 is 3.07. The second kappa shape index (κ2) is 8.96. The Balaban J connectivity index is 2.37. The fourth-order valence-electron chi connectivity index (χ4n) is 2.07. The van der Waals surface area contributed by atoms with Gasteiger partial charge in [0.15, 0.2) is 0 Å². The predicted octanol–water partition coefficient (Wildman–Crippen LogP) is 5.88. The molecule has 0 radical (unpaired) electrons. The second-order valence-corrected chi connectivity index (χ2v) is 9.10. The highest BCUT2D eigenvalue weighted by molar-refractivity contribution is 8.03. The van der Waals surface area contributed by atoms with E-state index in [1.54, 1.807) is 39.5 Å². The van der Waals surface area contributed by atoms with Crippen molar-refractivity contribution in [3.8, 4) is 0 Å². The van der Waals surface area contributed by atoms with Crippen molar-refractivity contribution in [2.75, 3.05) is 0 Å². The van der Waals surface area contributed by atoms with Gasteiger partial charge in [0.25, 0.3) is 0 Å². The Morgan fingerprint density at radius 3 is 1.73 bits per heavy atom. The van der Waals surface area contributed by atoms with Crippen LogP contribution in [-0.2, 0) is 0 Å². The minimum atomic E-state index is -1.02. The lowest BCUT2D eigenvalue weighted by molar-refractivity contribution is 0.120. The van der Waals surface area contributed by atoms with Crippen LogP contribution in [0, 0.1) is 0 Å². The molecule has 0 aliphatic rings. The van der Waals surface area contributed by atoms with Crippen molar-refractivity contribution in [3.63, 3.8) is 0 Å². The molecule has 0 aromatic heterocycles. The van der Waals surface area contributed by atoms with E-state index in [-0.39, 0.29) is 0 Å². The zero-order valence-corrected chi connectivity index (χ0v) is 17.3. The van der Waals surface area contributed by atoms with Gasteiger partial charge in [-0.15, -0.1) is 0 Å². The number of hydrogen-bond acceptors (Lipinski definition) is 4. The third kappa shape index (κ3) is 6.69. The monoisotopic (exact) mass is 386 g/mol. The Labute approximate surface area is 165 Å². The summed E-state index contributed by atoms with van der Waals surface area (Å²) in [5.74, 6) is 0. The molecule has 0 atom stereocenters. The molecular weight excluding hydrogens is 360 g/mol. The topological polar surface area (TPSA) is 40.5 Å². The van der Waals surface area contributed by atoms with E-state index in [4.69, 9.17) is 0 Å². The van der Waals surface area contributed by atoms with Crippen molar-refractivity contribution in [2.24, 2.45) is 0 Å². The van der Waals surface area contributed by atoms with Crippen molar-refractivity contribution in [1.29, 1.82) is 0 Å². The molecule has 0 fully saturated rings. The van der Waals surface area contributed by atoms with E-state index in [0.29, 0.717) is 0 Å². The first kappa shape index (κ1) is 20.8. The van der Waals surface area contributed by atoms with Crippen LogP contribution in [-0.4, -0.2) is 21.4 Å². The quantitative estimate of drug-likeness (QED) is 0.460. The molecular formula is C22H26O2S2. The Kier molecular flexibility index (Phi) is 7.18. The molecule has 2 N–H and O–H groups in total. The van der Waals surface area contributed by atoms with Gasteiger partial charge in [-0.1, -0.05) is 59.9 Å². The smallest absolute Gasteiger partial charge is 0.0902 e. The summed E-state index contributed by atoms with van der Waals surface area (Å²) in [5.41, 5.74) is -1.27. The van der Waals surface area contributed by atoms with Crippen LogP contribution in [0.3, 0.4) is 0 Å². The average molecular weight is 387 g/mol. The number of benzene rings is 2. The summed E-state index contributed by atoms with van der Waals surface area (Å²) < 4.78 is 0. The molecule has 0 unspecified atom stereocenters. The first-order chi connectivity index (χ1) is 12.2. The maximum Gasteiger partial charge on any atom is 0.0902 e. The van der Waals surface area contributed by atoms with E-state index in [1.807, 2.05) is 72.1 Å². The summed E-state index contributed by atoms with van der Waals surface area (Å²) in [4.78, 5) is 2.93. The van der Waals surface area contributed by atoms with Crippen LogP contribution in [0.2, 0.25) is 0 Å². The van der Waals surface area contributed by atoms with Crippen molar-refractivity contribution in [2.45, 2.75) is 48.7 Å². The number of thioether (sulfide) groups is 2. The largest absolute Gasteiger partial charge is 0.386 e. The van der Waals surface area contributed by atoms with Crippen LogP contribution in [0.1, 0.15) is 27.7 Å². The average Bonchev–Trinajstić information content (AvgIpc) is 2.57. The van der Waals surface area contributed by atoms with Crippen LogP contribution in [0.5, 0.6) is 0 Å². The molecule has 138 valence electrons. The predicted molar refractivity (Wildman–Crippen MR) is 113 cm³/mol. The molecule has 0 amide bonds. The standard InChI is InChI=1S/C22H26O2S2/c1-21(2,23)17(16-25-18-11-7-5-8-12-18)15-20(22(3,4)24)26-19-13-9-6-10-14-19/h5-16,23-24H,1-4H3/b17-16+,20-15-. The maximum absolute atomic E-state index is 10.6. The molecule has 26 heavy (non-hydrogen) atoms. The summed E-state index contributed by atoms with van der Waals surface area (Å²) in [5, 5.41) is 23.2.